The van der Waals surface area contributed by atoms with Crippen LogP contribution < -0.4 is 4.57 Å². The molecule has 5 aromatic rings. The first-order valence-corrected chi connectivity index (χ1v) is 9.45. The molecule has 3 heterocycles. The van der Waals surface area contributed by atoms with E-state index in [9.17, 15) is 0 Å². The van der Waals surface area contributed by atoms with Gasteiger partial charge in [0.15, 0.2) is 6.20 Å². The molecule has 28 heavy (non-hydrogen) atoms. The van der Waals surface area contributed by atoms with E-state index in [2.05, 4.69) is 67.0 Å². The normalized spacial score (nSPS) is 11.4. The van der Waals surface area contributed by atoms with Crippen LogP contribution in [0.2, 0.25) is 0 Å². The Bertz CT molecular complexity index is 1330. The molecule has 0 fully saturated rings. The maximum Gasteiger partial charge on any atom is 0.216 e. The minimum Gasteiger partial charge on any atom is -0.455 e. The molecule has 0 unspecified atom stereocenters. The van der Waals surface area contributed by atoms with Crippen LogP contribution in [0.15, 0.2) is 77.6 Å². The highest BCUT2D eigenvalue weighted by Crippen LogP contribution is 2.37. The minimum absolute atomic E-state index is 0.928. The molecule has 0 aliphatic rings. The van der Waals surface area contributed by atoms with Gasteiger partial charge in [-0.1, -0.05) is 30.3 Å². The molecule has 0 aliphatic carbocycles. The van der Waals surface area contributed by atoms with Crippen LogP contribution in [0.1, 0.15) is 11.1 Å². The summed E-state index contributed by atoms with van der Waals surface area (Å²) in [5.74, 6) is 0. The van der Waals surface area contributed by atoms with Gasteiger partial charge in [-0.05, 0) is 48.7 Å². The molecule has 0 bridgehead atoms. The maximum atomic E-state index is 6.31. The summed E-state index contributed by atoms with van der Waals surface area (Å²) in [7, 11) is 2.10. The van der Waals surface area contributed by atoms with Crippen LogP contribution in [0.3, 0.4) is 0 Å². The monoisotopic (exact) mass is 365 g/mol. The summed E-state index contributed by atoms with van der Waals surface area (Å²) < 4.78 is 8.50. The fourth-order valence-corrected chi connectivity index (χ4v) is 4.04. The second-order valence-corrected chi connectivity index (χ2v) is 7.33. The zero-order valence-corrected chi connectivity index (χ0v) is 16.2. The lowest BCUT2D eigenvalue weighted by Gasteiger charge is -2.10. The van der Waals surface area contributed by atoms with Gasteiger partial charge in [0, 0.05) is 34.8 Å². The Morgan fingerprint density at radius 3 is 2.46 bits per heavy atom. The van der Waals surface area contributed by atoms with Crippen LogP contribution >= 0.6 is 0 Å². The average Bonchev–Trinajstić information content (AvgIpc) is 3.09. The number of pyridine rings is 2. The number of benzene rings is 2. The Hall–Kier alpha value is -3.46. The van der Waals surface area contributed by atoms with Crippen molar-refractivity contribution in [3.63, 3.8) is 0 Å². The second-order valence-electron chi connectivity index (χ2n) is 7.33. The summed E-state index contributed by atoms with van der Waals surface area (Å²) in [4.78, 5) is 4.14. The third kappa shape index (κ3) is 2.51. The highest BCUT2D eigenvalue weighted by molar-refractivity contribution is 6.09. The van der Waals surface area contributed by atoms with Gasteiger partial charge in [-0.25, -0.2) is 4.57 Å². The van der Waals surface area contributed by atoms with Crippen LogP contribution in [0, 0.1) is 13.8 Å². The molecule has 3 heteroatoms. The number of hydrogen-bond acceptors (Lipinski definition) is 2. The molecule has 0 radical (unpaired) electrons. The van der Waals surface area contributed by atoms with Gasteiger partial charge in [-0.3, -0.25) is 4.98 Å². The first-order chi connectivity index (χ1) is 13.6. The molecular weight excluding hydrogens is 344 g/mol. The SMILES string of the molecule is Cc1cc(-c2c(C)ccc3c2oc2ccccc23)[n+](C)cc1-c1ccncc1. The Kier molecular flexibility index (Phi) is 3.76. The minimum atomic E-state index is 0.928. The first-order valence-electron chi connectivity index (χ1n) is 9.45. The number of rotatable bonds is 2. The summed E-state index contributed by atoms with van der Waals surface area (Å²) in [6.45, 7) is 4.31. The highest BCUT2D eigenvalue weighted by atomic mass is 16.3. The van der Waals surface area contributed by atoms with E-state index >= 15 is 0 Å². The lowest BCUT2D eigenvalue weighted by atomic mass is 9.97. The quantitative estimate of drug-likeness (QED) is 0.373. The molecule has 3 nitrogen and oxygen atoms in total. The molecule has 136 valence electrons. The highest BCUT2D eigenvalue weighted by Gasteiger charge is 2.22. The molecule has 0 saturated heterocycles. The van der Waals surface area contributed by atoms with Crippen LogP contribution in [-0.2, 0) is 7.05 Å². The maximum absolute atomic E-state index is 6.31. The Labute approximate surface area is 163 Å². The van der Waals surface area contributed by atoms with Crippen molar-refractivity contribution in [2.45, 2.75) is 13.8 Å². The molecule has 2 aromatic carbocycles. The molecule has 0 N–H and O–H groups in total. The molecule has 0 atom stereocenters. The zero-order chi connectivity index (χ0) is 19.3. The van der Waals surface area contributed by atoms with Gasteiger partial charge < -0.3 is 4.42 Å². The van der Waals surface area contributed by atoms with Crippen LogP contribution in [0.5, 0.6) is 0 Å². The predicted octanol–water partition coefficient (Wildman–Crippen LogP) is 5.76. The van der Waals surface area contributed by atoms with Crippen molar-refractivity contribution in [2.75, 3.05) is 0 Å². The number of hydrogen-bond donors (Lipinski definition) is 0. The van der Waals surface area contributed by atoms with E-state index in [-0.39, 0.29) is 0 Å². The fourth-order valence-electron chi connectivity index (χ4n) is 4.04. The van der Waals surface area contributed by atoms with E-state index in [1.54, 1.807) is 0 Å². The average molecular weight is 365 g/mol. The van der Waals surface area contributed by atoms with Gasteiger partial charge in [0.25, 0.3) is 0 Å². The molecule has 0 saturated carbocycles. The number of para-hydroxylation sites is 1. The summed E-state index contributed by atoms with van der Waals surface area (Å²) >= 11 is 0. The largest absolute Gasteiger partial charge is 0.455 e. The molecule has 5 rings (SSSR count). The van der Waals surface area contributed by atoms with Gasteiger partial charge >= 0.3 is 0 Å². The van der Waals surface area contributed by atoms with Gasteiger partial charge in [0.1, 0.15) is 18.2 Å². The summed E-state index contributed by atoms with van der Waals surface area (Å²) in [6.07, 6.45) is 5.87. The second kappa shape index (κ2) is 6.31. The predicted molar refractivity (Wildman–Crippen MR) is 113 cm³/mol. The number of nitrogens with zero attached hydrogens (tertiary/aromatic N) is 2. The van der Waals surface area contributed by atoms with Crippen molar-refractivity contribution in [1.82, 2.24) is 4.98 Å². The van der Waals surface area contributed by atoms with E-state index in [1.165, 1.54) is 22.3 Å². The molecule has 0 aliphatic heterocycles. The topological polar surface area (TPSA) is 29.9 Å². The van der Waals surface area contributed by atoms with Crippen molar-refractivity contribution < 1.29 is 8.98 Å². The molecule has 0 amide bonds. The van der Waals surface area contributed by atoms with Gasteiger partial charge in [-0.15, -0.1) is 0 Å². The van der Waals surface area contributed by atoms with E-state index in [1.807, 2.05) is 36.7 Å². The number of aromatic nitrogens is 2. The Balaban J connectivity index is 1.79. The number of aryl methyl sites for hydroxylation is 3. The first kappa shape index (κ1) is 16.7. The van der Waals surface area contributed by atoms with Gasteiger partial charge in [0.2, 0.25) is 5.69 Å². The molecule has 3 aromatic heterocycles. The number of furan rings is 1. The fraction of sp³-hybridized carbons (Fsp3) is 0.120. The van der Waals surface area contributed by atoms with Crippen molar-refractivity contribution in [2.24, 2.45) is 7.05 Å². The molecule has 0 spiro atoms. The van der Waals surface area contributed by atoms with Crippen LogP contribution in [0.4, 0.5) is 0 Å². The lowest BCUT2D eigenvalue weighted by molar-refractivity contribution is -0.659. The zero-order valence-electron chi connectivity index (χ0n) is 16.2. The Morgan fingerprint density at radius 2 is 1.64 bits per heavy atom. The summed E-state index contributed by atoms with van der Waals surface area (Å²) in [5, 5.41) is 2.32. The van der Waals surface area contributed by atoms with Gasteiger partial charge in [-0.2, -0.15) is 0 Å². The van der Waals surface area contributed by atoms with Crippen LogP contribution in [-0.4, -0.2) is 4.98 Å². The van der Waals surface area contributed by atoms with Gasteiger partial charge in [0.05, 0.1) is 5.56 Å². The van der Waals surface area contributed by atoms with E-state index < -0.39 is 0 Å². The van der Waals surface area contributed by atoms with Crippen molar-refractivity contribution in [1.29, 1.82) is 0 Å². The van der Waals surface area contributed by atoms with Crippen molar-refractivity contribution in [3.8, 4) is 22.4 Å². The van der Waals surface area contributed by atoms with Crippen molar-refractivity contribution in [3.05, 3.63) is 84.3 Å². The third-order valence-corrected chi connectivity index (χ3v) is 5.48. The van der Waals surface area contributed by atoms with E-state index in [0.717, 1.165) is 33.2 Å². The smallest absolute Gasteiger partial charge is 0.216 e. The van der Waals surface area contributed by atoms with E-state index in [0.29, 0.717) is 0 Å². The third-order valence-electron chi connectivity index (χ3n) is 5.48. The summed E-state index contributed by atoms with van der Waals surface area (Å²) in [5.41, 5.74) is 9.00. The lowest BCUT2D eigenvalue weighted by Crippen LogP contribution is -2.31. The van der Waals surface area contributed by atoms with E-state index in [4.69, 9.17) is 4.42 Å². The number of fused-ring (bicyclic) bond motifs is 3. The Morgan fingerprint density at radius 1 is 0.857 bits per heavy atom. The standard InChI is InChI=1S/C25H21N2O/c1-16-8-9-20-19-6-4-5-7-23(19)28-25(20)24(16)22-14-17(2)21(15-27(22)3)18-10-12-26-13-11-18/h4-15H,1-3H3/q+1. The summed E-state index contributed by atoms with van der Waals surface area (Å²) in [6, 6.07) is 18.9. The van der Waals surface area contributed by atoms with Crippen molar-refractivity contribution >= 4 is 21.9 Å². The molecular formula is C25H21N2O+. The van der Waals surface area contributed by atoms with Crippen LogP contribution in [0.25, 0.3) is 44.3 Å².